The second kappa shape index (κ2) is 6.38. The number of likely N-dealkylation sites (N-methyl/N-ethyl adjacent to an activating group) is 1. The van der Waals surface area contributed by atoms with Crippen molar-refractivity contribution in [3.8, 4) is 0 Å². The molecule has 0 saturated carbocycles. The first-order valence-electron chi connectivity index (χ1n) is 6.26. The van der Waals surface area contributed by atoms with Crippen LogP contribution in [0.4, 0.5) is 5.69 Å². The molecule has 0 saturated heterocycles. The summed E-state index contributed by atoms with van der Waals surface area (Å²) in [5, 5.41) is 2.06. The van der Waals surface area contributed by atoms with Crippen molar-refractivity contribution < 1.29 is 4.79 Å². The number of nitrogens with zero attached hydrogens (tertiary/aromatic N) is 1. The number of carbonyl (C=O) groups excluding carboxylic acids is 1. The molecule has 1 aromatic heterocycles. The Morgan fingerprint density at radius 2 is 2.16 bits per heavy atom. The number of anilines is 1. The van der Waals surface area contributed by atoms with Crippen LogP contribution in [0.5, 0.6) is 0 Å². The van der Waals surface area contributed by atoms with Gasteiger partial charge in [0.2, 0.25) is 5.91 Å². The zero-order chi connectivity index (χ0) is 13.7. The van der Waals surface area contributed by atoms with E-state index in [0.29, 0.717) is 12.1 Å². The van der Waals surface area contributed by atoms with Crippen molar-refractivity contribution in [1.82, 2.24) is 4.90 Å². The zero-order valence-electron chi connectivity index (χ0n) is 11.0. The summed E-state index contributed by atoms with van der Waals surface area (Å²) in [6.45, 7) is 0.752. The molecule has 2 aromatic rings. The number of benzene rings is 1. The first-order chi connectivity index (χ1) is 9.15. The Balaban J connectivity index is 1.85. The van der Waals surface area contributed by atoms with Gasteiger partial charge in [0.1, 0.15) is 0 Å². The van der Waals surface area contributed by atoms with E-state index in [2.05, 4.69) is 11.4 Å². The number of carbonyl (C=O) groups is 1. The van der Waals surface area contributed by atoms with Gasteiger partial charge in [0.15, 0.2) is 0 Å². The molecular weight excluding hydrogens is 256 g/mol. The van der Waals surface area contributed by atoms with Gasteiger partial charge in [-0.2, -0.15) is 0 Å². The Bertz CT molecular complexity index is 537. The first kappa shape index (κ1) is 13.6. The van der Waals surface area contributed by atoms with Crippen molar-refractivity contribution in [2.24, 2.45) is 0 Å². The molecule has 0 aliphatic heterocycles. The predicted molar refractivity (Wildman–Crippen MR) is 80.2 cm³/mol. The van der Waals surface area contributed by atoms with Crippen LogP contribution in [0.15, 0.2) is 41.8 Å². The summed E-state index contributed by atoms with van der Waals surface area (Å²) >= 11 is 1.73. The molecule has 0 fully saturated rings. The molecule has 3 nitrogen and oxygen atoms in total. The molecule has 0 atom stereocenters. The summed E-state index contributed by atoms with van der Waals surface area (Å²) in [5.41, 5.74) is 7.38. The van der Waals surface area contributed by atoms with Crippen molar-refractivity contribution in [2.45, 2.75) is 12.8 Å². The minimum Gasteiger partial charge on any atom is -0.399 e. The highest BCUT2D eigenvalue weighted by Crippen LogP contribution is 2.11. The van der Waals surface area contributed by atoms with E-state index < -0.39 is 0 Å². The third-order valence-electron chi connectivity index (χ3n) is 3.01. The quantitative estimate of drug-likeness (QED) is 0.852. The maximum Gasteiger partial charge on any atom is 0.226 e. The molecule has 0 aliphatic rings. The predicted octanol–water partition coefficient (Wildman–Crippen LogP) is 2.57. The largest absolute Gasteiger partial charge is 0.399 e. The summed E-state index contributed by atoms with van der Waals surface area (Å²) in [5.74, 6) is 0.127. The van der Waals surface area contributed by atoms with E-state index in [4.69, 9.17) is 5.73 Å². The molecular formula is C15H18N2OS. The number of hydrogen-bond donors (Lipinski definition) is 1. The van der Waals surface area contributed by atoms with Crippen LogP contribution in [-0.2, 0) is 17.6 Å². The molecule has 0 aliphatic carbocycles. The molecule has 1 heterocycles. The lowest BCUT2D eigenvalue weighted by Crippen LogP contribution is -2.30. The molecule has 2 N–H and O–H groups in total. The van der Waals surface area contributed by atoms with Gasteiger partial charge in [0.05, 0.1) is 6.42 Å². The summed E-state index contributed by atoms with van der Waals surface area (Å²) in [4.78, 5) is 15.2. The van der Waals surface area contributed by atoms with Gasteiger partial charge in [-0.1, -0.05) is 18.2 Å². The normalized spacial score (nSPS) is 10.4. The average Bonchev–Trinajstić information content (AvgIpc) is 2.89. The minimum absolute atomic E-state index is 0.127. The molecule has 1 amide bonds. The van der Waals surface area contributed by atoms with Crippen molar-refractivity contribution in [3.63, 3.8) is 0 Å². The standard InChI is InChI=1S/C15H18N2OS/c1-17(8-7-14-6-3-9-19-14)15(18)11-12-4-2-5-13(16)10-12/h2-6,9-10H,7-8,11,16H2,1H3. The average molecular weight is 274 g/mol. The van der Waals surface area contributed by atoms with Crippen LogP contribution < -0.4 is 5.73 Å². The van der Waals surface area contributed by atoms with Gasteiger partial charge in [-0.05, 0) is 35.6 Å². The highest BCUT2D eigenvalue weighted by Gasteiger charge is 2.10. The molecule has 0 radical (unpaired) electrons. The lowest BCUT2D eigenvalue weighted by atomic mass is 10.1. The first-order valence-corrected chi connectivity index (χ1v) is 7.14. The molecule has 4 heteroatoms. The van der Waals surface area contributed by atoms with Gasteiger partial charge in [0, 0.05) is 24.2 Å². The van der Waals surface area contributed by atoms with E-state index >= 15 is 0 Å². The zero-order valence-corrected chi connectivity index (χ0v) is 11.8. The Hall–Kier alpha value is -1.81. The number of amides is 1. The van der Waals surface area contributed by atoms with Crippen LogP contribution in [-0.4, -0.2) is 24.4 Å². The summed E-state index contributed by atoms with van der Waals surface area (Å²) < 4.78 is 0. The summed E-state index contributed by atoms with van der Waals surface area (Å²) in [7, 11) is 1.85. The highest BCUT2D eigenvalue weighted by molar-refractivity contribution is 7.09. The fraction of sp³-hybridized carbons (Fsp3) is 0.267. The van der Waals surface area contributed by atoms with Crippen molar-refractivity contribution >= 4 is 22.9 Å². The molecule has 0 unspecified atom stereocenters. The monoisotopic (exact) mass is 274 g/mol. The van der Waals surface area contributed by atoms with Gasteiger partial charge >= 0.3 is 0 Å². The SMILES string of the molecule is CN(CCc1cccs1)C(=O)Cc1cccc(N)c1. The van der Waals surface area contributed by atoms with Gasteiger partial charge in [-0.25, -0.2) is 0 Å². The highest BCUT2D eigenvalue weighted by atomic mass is 32.1. The van der Waals surface area contributed by atoms with E-state index in [-0.39, 0.29) is 5.91 Å². The van der Waals surface area contributed by atoms with Crippen LogP contribution in [0, 0.1) is 0 Å². The van der Waals surface area contributed by atoms with E-state index in [9.17, 15) is 4.79 Å². The third kappa shape index (κ3) is 4.10. The second-order valence-electron chi connectivity index (χ2n) is 4.57. The van der Waals surface area contributed by atoms with E-state index in [1.54, 1.807) is 16.2 Å². The number of nitrogen functional groups attached to an aromatic ring is 1. The van der Waals surface area contributed by atoms with Crippen molar-refractivity contribution in [2.75, 3.05) is 19.3 Å². The van der Waals surface area contributed by atoms with Crippen molar-refractivity contribution in [3.05, 3.63) is 52.2 Å². The summed E-state index contributed by atoms with van der Waals surface area (Å²) in [6.07, 6.45) is 1.32. The third-order valence-corrected chi connectivity index (χ3v) is 3.94. The van der Waals surface area contributed by atoms with Gasteiger partial charge in [0.25, 0.3) is 0 Å². The summed E-state index contributed by atoms with van der Waals surface area (Å²) in [6, 6.07) is 11.6. The smallest absolute Gasteiger partial charge is 0.226 e. The lowest BCUT2D eigenvalue weighted by molar-refractivity contribution is -0.129. The Kier molecular flexibility index (Phi) is 4.58. The lowest BCUT2D eigenvalue weighted by Gasteiger charge is -2.16. The van der Waals surface area contributed by atoms with Crippen LogP contribution in [0.2, 0.25) is 0 Å². The molecule has 19 heavy (non-hydrogen) atoms. The molecule has 2 rings (SSSR count). The van der Waals surface area contributed by atoms with Gasteiger partial charge in [-0.3, -0.25) is 4.79 Å². The second-order valence-corrected chi connectivity index (χ2v) is 5.60. The van der Waals surface area contributed by atoms with Gasteiger partial charge < -0.3 is 10.6 Å². The van der Waals surface area contributed by atoms with E-state index in [1.807, 2.05) is 37.4 Å². The van der Waals surface area contributed by atoms with Gasteiger partial charge in [-0.15, -0.1) is 11.3 Å². The number of rotatable bonds is 5. The fourth-order valence-electron chi connectivity index (χ4n) is 1.87. The minimum atomic E-state index is 0.127. The number of hydrogen-bond acceptors (Lipinski definition) is 3. The topological polar surface area (TPSA) is 46.3 Å². The van der Waals surface area contributed by atoms with Crippen LogP contribution in [0.1, 0.15) is 10.4 Å². The molecule has 0 spiro atoms. The van der Waals surface area contributed by atoms with E-state index in [1.165, 1.54) is 4.88 Å². The van der Waals surface area contributed by atoms with Crippen molar-refractivity contribution in [1.29, 1.82) is 0 Å². The Morgan fingerprint density at radius 3 is 2.84 bits per heavy atom. The van der Waals surface area contributed by atoms with Crippen LogP contribution >= 0.6 is 11.3 Å². The molecule has 100 valence electrons. The molecule has 1 aromatic carbocycles. The Morgan fingerprint density at radius 1 is 1.32 bits per heavy atom. The van der Waals surface area contributed by atoms with Crippen LogP contribution in [0.3, 0.4) is 0 Å². The number of nitrogens with two attached hydrogens (primary N) is 1. The molecule has 0 bridgehead atoms. The maximum atomic E-state index is 12.1. The van der Waals surface area contributed by atoms with Crippen LogP contribution in [0.25, 0.3) is 0 Å². The van der Waals surface area contributed by atoms with E-state index in [0.717, 1.165) is 18.5 Å². The maximum absolute atomic E-state index is 12.1. The number of thiophene rings is 1. The fourth-order valence-corrected chi connectivity index (χ4v) is 2.57. The Labute approximate surface area is 117 Å².